The van der Waals surface area contributed by atoms with Gasteiger partial charge in [0.2, 0.25) is 0 Å². The first-order valence-electron chi connectivity index (χ1n) is 16.2. The van der Waals surface area contributed by atoms with E-state index >= 15 is 0 Å². The standard InChI is InChI=1S/C42H38N2/c1-22(2)26-18-32(23(3)4)37(33(19-26)24(5)6)25-15-16-35-34(17-25)41-36(44-35)20-27(21-43)38-39-28-11-7-9-13-30(28)40(42(38)41)31-14-10-8-12-29(31)39/h7-20,22-24,39-40,44H,1-6H3. The van der Waals surface area contributed by atoms with E-state index in [9.17, 15) is 5.26 Å². The van der Waals surface area contributed by atoms with Gasteiger partial charge in [0.15, 0.2) is 0 Å². The van der Waals surface area contributed by atoms with Gasteiger partial charge in [-0.2, -0.15) is 5.26 Å². The van der Waals surface area contributed by atoms with Crippen LogP contribution >= 0.6 is 0 Å². The van der Waals surface area contributed by atoms with E-state index < -0.39 is 0 Å². The molecular formula is C42H38N2. The molecule has 3 aliphatic rings. The maximum Gasteiger partial charge on any atom is 0.0995 e. The largest absolute Gasteiger partial charge is 0.354 e. The molecule has 44 heavy (non-hydrogen) atoms. The predicted octanol–water partition coefficient (Wildman–Crippen LogP) is 11.2. The zero-order valence-electron chi connectivity index (χ0n) is 26.4. The third kappa shape index (κ3) is 3.66. The van der Waals surface area contributed by atoms with Gasteiger partial charge in [0.1, 0.15) is 0 Å². The Morgan fingerprint density at radius 2 is 1.16 bits per heavy atom. The van der Waals surface area contributed by atoms with Crippen molar-refractivity contribution in [2.24, 2.45) is 0 Å². The summed E-state index contributed by atoms with van der Waals surface area (Å²) >= 11 is 0. The summed E-state index contributed by atoms with van der Waals surface area (Å²) < 4.78 is 0. The summed E-state index contributed by atoms with van der Waals surface area (Å²) in [6, 6.07) is 34.4. The van der Waals surface area contributed by atoms with E-state index in [0.29, 0.717) is 17.8 Å². The van der Waals surface area contributed by atoms with Crippen molar-refractivity contribution in [3.63, 3.8) is 0 Å². The van der Waals surface area contributed by atoms with Crippen LogP contribution < -0.4 is 0 Å². The molecule has 216 valence electrons. The Hall–Kier alpha value is -4.61. The monoisotopic (exact) mass is 570 g/mol. The van der Waals surface area contributed by atoms with Crippen molar-refractivity contribution in [3.05, 3.63) is 141 Å². The van der Waals surface area contributed by atoms with Crippen LogP contribution in [0.1, 0.15) is 127 Å². The van der Waals surface area contributed by atoms with Crippen LogP contribution in [0.2, 0.25) is 0 Å². The average molecular weight is 571 g/mol. The molecule has 0 radical (unpaired) electrons. The lowest BCUT2D eigenvalue weighted by atomic mass is 9.59. The van der Waals surface area contributed by atoms with Gasteiger partial charge in [0, 0.05) is 33.6 Å². The highest BCUT2D eigenvalue weighted by molar-refractivity contribution is 6.12. The van der Waals surface area contributed by atoms with Crippen molar-refractivity contribution in [2.45, 2.75) is 71.1 Å². The summed E-state index contributed by atoms with van der Waals surface area (Å²) in [5, 5.41) is 13.0. The van der Waals surface area contributed by atoms with Crippen LogP contribution in [0.5, 0.6) is 0 Å². The molecule has 2 bridgehead atoms. The highest BCUT2D eigenvalue weighted by Gasteiger charge is 2.43. The van der Waals surface area contributed by atoms with Gasteiger partial charge in [-0.05, 0) is 97.2 Å². The second-order valence-corrected chi connectivity index (χ2v) is 13.8. The number of fused-ring (bicyclic) bond motifs is 3. The van der Waals surface area contributed by atoms with E-state index in [1.807, 2.05) is 0 Å². The molecule has 9 rings (SSSR count). The van der Waals surface area contributed by atoms with Crippen LogP contribution in [-0.2, 0) is 0 Å². The maximum absolute atomic E-state index is 10.5. The normalized spacial score (nSPS) is 16.5. The lowest BCUT2D eigenvalue weighted by molar-refractivity contribution is 0.759. The fraction of sp³-hybridized carbons (Fsp3) is 0.262. The molecule has 1 heterocycles. The number of aromatic amines is 1. The summed E-state index contributed by atoms with van der Waals surface area (Å²) in [5.41, 5.74) is 17.8. The number of aromatic nitrogens is 1. The maximum atomic E-state index is 10.5. The number of rotatable bonds is 4. The Labute approximate surface area is 260 Å². The summed E-state index contributed by atoms with van der Waals surface area (Å²) in [4.78, 5) is 3.74. The van der Waals surface area contributed by atoms with Crippen LogP contribution in [0.15, 0.2) is 84.9 Å². The second-order valence-electron chi connectivity index (χ2n) is 13.8. The molecule has 0 saturated heterocycles. The highest BCUT2D eigenvalue weighted by Crippen LogP contribution is 2.58. The van der Waals surface area contributed by atoms with Gasteiger partial charge in [-0.3, -0.25) is 0 Å². The van der Waals surface area contributed by atoms with Crippen molar-refractivity contribution in [1.82, 2.24) is 4.98 Å². The Kier molecular flexibility index (Phi) is 5.95. The minimum atomic E-state index is 0.0678. The van der Waals surface area contributed by atoms with Crippen molar-refractivity contribution < 1.29 is 0 Å². The van der Waals surface area contributed by atoms with Gasteiger partial charge in [-0.1, -0.05) is 108 Å². The molecule has 0 unspecified atom stereocenters. The molecule has 2 nitrogen and oxygen atoms in total. The van der Waals surface area contributed by atoms with E-state index in [1.165, 1.54) is 72.0 Å². The zero-order chi connectivity index (χ0) is 30.4. The van der Waals surface area contributed by atoms with Gasteiger partial charge in [0.05, 0.1) is 11.6 Å². The molecule has 0 atom stereocenters. The van der Waals surface area contributed by atoms with Crippen molar-refractivity contribution in [1.29, 1.82) is 5.26 Å². The number of hydrogen-bond acceptors (Lipinski definition) is 1. The van der Waals surface area contributed by atoms with Crippen LogP contribution in [0, 0.1) is 11.3 Å². The Morgan fingerprint density at radius 3 is 1.66 bits per heavy atom. The van der Waals surface area contributed by atoms with Crippen molar-refractivity contribution in [3.8, 4) is 17.2 Å². The minimum Gasteiger partial charge on any atom is -0.354 e. The fourth-order valence-corrected chi connectivity index (χ4v) is 8.29. The van der Waals surface area contributed by atoms with Crippen LogP contribution in [0.3, 0.4) is 0 Å². The van der Waals surface area contributed by atoms with E-state index in [4.69, 9.17) is 0 Å². The van der Waals surface area contributed by atoms with E-state index in [-0.39, 0.29) is 11.8 Å². The van der Waals surface area contributed by atoms with Gasteiger partial charge in [-0.15, -0.1) is 0 Å². The first kappa shape index (κ1) is 27.0. The number of nitrogens with one attached hydrogen (secondary N) is 1. The average Bonchev–Trinajstić information content (AvgIpc) is 3.41. The van der Waals surface area contributed by atoms with Crippen molar-refractivity contribution in [2.75, 3.05) is 0 Å². The lowest BCUT2D eigenvalue weighted by Gasteiger charge is -2.43. The third-order valence-electron chi connectivity index (χ3n) is 10.3. The summed E-state index contributed by atoms with van der Waals surface area (Å²) in [6.07, 6.45) is 0. The quantitative estimate of drug-likeness (QED) is 0.225. The number of benzene rings is 5. The zero-order valence-corrected chi connectivity index (χ0v) is 26.4. The molecular weight excluding hydrogens is 532 g/mol. The minimum absolute atomic E-state index is 0.0678. The molecule has 3 aliphatic carbocycles. The number of H-pyrrole nitrogens is 1. The Balaban J connectivity index is 1.47. The molecule has 0 saturated carbocycles. The first-order valence-corrected chi connectivity index (χ1v) is 16.2. The van der Waals surface area contributed by atoms with E-state index in [0.717, 1.165) is 16.6 Å². The molecule has 0 aliphatic heterocycles. The Bertz CT molecular complexity index is 2110. The molecule has 2 heteroatoms. The number of hydrogen-bond donors (Lipinski definition) is 1. The molecule has 5 aromatic carbocycles. The van der Waals surface area contributed by atoms with E-state index in [1.54, 1.807) is 0 Å². The Morgan fingerprint density at radius 1 is 0.614 bits per heavy atom. The molecule has 0 amide bonds. The summed E-state index contributed by atoms with van der Waals surface area (Å²) in [6.45, 7) is 13.9. The number of nitriles is 1. The fourth-order valence-electron chi connectivity index (χ4n) is 8.29. The van der Waals surface area contributed by atoms with Crippen LogP contribution in [0.25, 0.3) is 32.9 Å². The lowest BCUT2D eigenvalue weighted by Crippen LogP contribution is -2.28. The number of nitrogens with zero attached hydrogens (tertiary/aromatic N) is 1. The third-order valence-corrected chi connectivity index (χ3v) is 10.3. The molecule has 0 spiro atoms. The molecule has 1 N–H and O–H groups in total. The summed E-state index contributed by atoms with van der Waals surface area (Å²) in [7, 11) is 0. The van der Waals surface area contributed by atoms with Gasteiger partial charge >= 0.3 is 0 Å². The van der Waals surface area contributed by atoms with E-state index in [2.05, 4.69) is 138 Å². The second kappa shape index (κ2) is 9.70. The molecule has 1 aromatic heterocycles. The SMILES string of the molecule is CC(C)c1cc(C(C)C)c(-c2ccc3[nH]c4cc(C#N)c5c(c4c3c2)C2c3ccccc3C5c3ccccc32)c(C(C)C)c1. The van der Waals surface area contributed by atoms with Gasteiger partial charge in [-0.25, -0.2) is 0 Å². The molecule has 6 aromatic rings. The highest BCUT2D eigenvalue weighted by atomic mass is 14.7. The topological polar surface area (TPSA) is 39.6 Å². The van der Waals surface area contributed by atoms with Crippen molar-refractivity contribution >= 4 is 21.8 Å². The first-order chi connectivity index (χ1) is 21.3. The van der Waals surface area contributed by atoms with Gasteiger partial charge < -0.3 is 4.98 Å². The smallest absolute Gasteiger partial charge is 0.0995 e. The predicted molar refractivity (Wildman–Crippen MR) is 183 cm³/mol. The van der Waals surface area contributed by atoms with Gasteiger partial charge in [0.25, 0.3) is 0 Å². The summed E-state index contributed by atoms with van der Waals surface area (Å²) in [5.74, 6) is 1.48. The molecule has 0 fully saturated rings. The van der Waals surface area contributed by atoms with Crippen LogP contribution in [-0.4, -0.2) is 4.98 Å². The van der Waals surface area contributed by atoms with Crippen LogP contribution in [0.4, 0.5) is 0 Å².